The lowest BCUT2D eigenvalue weighted by Gasteiger charge is -2.13. The number of halogens is 1. The average Bonchev–Trinajstić information content (AvgIpc) is 2.41. The first-order valence-corrected chi connectivity index (χ1v) is 5.92. The Hall–Kier alpha value is -2.56. The quantitative estimate of drug-likeness (QED) is 0.910. The predicted molar refractivity (Wildman–Crippen MR) is 70.8 cm³/mol. The van der Waals surface area contributed by atoms with Gasteiger partial charge in [-0.25, -0.2) is 4.39 Å². The van der Waals surface area contributed by atoms with Crippen LogP contribution in [0, 0.1) is 5.82 Å². The molecular formula is C15H13FO4. The molecule has 0 saturated heterocycles. The first-order chi connectivity index (χ1) is 9.61. The van der Waals surface area contributed by atoms with E-state index in [0.717, 1.165) is 0 Å². The maximum absolute atomic E-state index is 13.6. The van der Waals surface area contributed by atoms with Crippen molar-refractivity contribution in [3.05, 3.63) is 53.8 Å². The number of carboxylic acids is 1. The maximum Gasteiger partial charge on any atom is 0.307 e. The molecule has 0 aliphatic carbocycles. The van der Waals surface area contributed by atoms with Crippen LogP contribution in [0.15, 0.2) is 42.5 Å². The average molecular weight is 276 g/mol. The van der Waals surface area contributed by atoms with E-state index < -0.39 is 11.8 Å². The van der Waals surface area contributed by atoms with Gasteiger partial charge >= 0.3 is 5.97 Å². The second-order valence-electron chi connectivity index (χ2n) is 4.05. The number of ether oxygens (including phenoxy) is 2. The van der Waals surface area contributed by atoms with Crippen LogP contribution in [0.3, 0.4) is 0 Å². The lowest BCUT2D eigenvalue weighted by Crippen LogP contribution is -2.03. The Kier molecular flexibility index (Phi) is 4.20. The molecule has 0 aromatic heterocycles. The summed E-state index contributed by atoms with van der Waals surface area (Å²) in [6.07, 6.45) is -0.197. The van der Waals surface area contributed by atoms with Gasteiger partial charge in [0, 0.05) is 5.56 Å². The van der Waals surface area contributed by atoms with Gasteiger partial charge in [0.25, 0.3) is 0 Å². The Bertz CT molecular complexity index is 625. The minimum absolute atomic E-state index is 0.0540. The highest BCUT2D eigenvalue weighted by Gasteiger charge is 2.14. The lowest BCUT2D eigenvalue weighted by atomic mass is 10.1. The van der Waals surface area contributed by atoms with Gasteiger partial charge in [0.15, 0.2) is 23.1 Å². The van der Waals surface area contributed by atoms with E-state index >= 15 is 0 Å². The van der Waals surface area contributed by atoms with Crippen molar-refractivity contribution in [1.29, 1.82) is 0 Å². The van der Waals surface area contributed by atoms with Crippen LogP contribution in [0.4, 0.5) is 4.39 Å². The van der Waals surface area contributed by atoms with E-state index in [4.69, 9.17) is 14.6 Å². The molecule has 0 aliphatic rings. The summed E-state index contributed by atoms with van der Waals surface area (Å²) >= 11 is 0. The van der Waals surface area contributed by atoms with Crippen molar-refractivity contribution in [2.24, 2.45) is 0 Å². The zero-order valence-electron chi connectivity index (χ0n) is 10.8. The molecule has 2 rings (SSSR count). The van der Waals surface area contributed by atoms with E-state index in [1.54, 1.807) is 30.3 Å². The minimum Gasteiger partial charge on any atom is -0.493 e. The van der Waals surface area contributed by atoms with Gasteiger partial charge in [0.1, 0.15) is 0 Å². The summed E-state index contributed by atoms with van der Waals surface area (Å²) in [5.41, 5.74) is 0.467. The van der Waals surface area contributed by atoms with Crippen molar-refractivity contribution in [2.75, 3.05) is 7.11 Å². The zero-order chi connectivity index (χ0) is 14.5. The molecule has 0 heterocycles. The molecule has 104 valence electrons. The van der Waals surface area contributed by atoms with Crippen LogP contribution >= 0.6 is 0 Å². The van der Waals surface area contributed by atoms with E-state index in [9.17, 15) is 9.18 Å². The summed E-state index contributed by atoms with van der Waals surface area (Å²) in [6, 6.07) is 10.8. The largest absolute Gasteiger partial charge is 0.493 e. The molecule has 0 bridgehead atoms. The van der Waals surface area contributed by atoms with Crippen LogP contribution in [0.2, 0.25) is 0 Å². The second kappa shape index (κ2) is 6.06. The maximum atomic E-state index is 13.6. The van der Waals surface area contributed by atoms with E-state index in [-0.39, 0.29) is 23.7 Å². The van der Waals surface area contributed by atoms with Gasteiger partial charge in [0.05, 0.1) is 13.5 Å². The third-order valence-corrected chi connectivity index (χ3v) is 2.66. The number of hydrogen-bond acceptors (Lipinski definition) is 3. The molecule has 4 nitrogen and oxygen atoms in total. The smallest absolute Gasteiger partial charge is 0.307 e. The van der Waals surface area contributed by atoms with Crippen molar-refractivity contribution in [3.8, 4) is 17.2 Å². The Morgan fingerprint density at radius 2 is 1.85 bits per heavy atom. The highest BCUT2D eigenvalue weighted by molar-refractivity contribution is 5.72. The molecule has 2 aromatic carbocycles. The number of rotatable bonds is 5. The first kappa shape index (κ1) is 13.9. The van der Waals surface area contributed by atoms with Gasteiger partial charge < -0.3 is 14.6 Å². The number of para-hydroxylation sites is 2. The molecule has 20 heavy (non-hydrogen) atoms. The second-order valence-corrected chi connectivity index (χ2v) is 4.05. The van der Waals surface area contributed by atoms with Crippen LogP contribution in [0.25, 0.3) is 0 Å². The first-order valence-electron chi connectivity index (χ1n) is 5.92. The molecule has 0 amide bonds. The van der Waals surface area contributed by atoms with Crippen molar-refractivity contribution in [2.45, 2.75) is 6.42 Å². The molecule has 0 aliphatic heterocycles. The molecule has 5 heteroatoms. The summed E-state index contributed by atoms with van der Waals surface area (Å²) in [4.78, 5) is 10.8. The van der Waals surface area contributed by atoms with Crippen LogP contribution in [-0.4, -0.2) is 18.2 Å². The normalized spacial score (nSPS) is 10.1. The summed E-state index contributed by atoms with van der Waals surface area (Å²) in [7, 11) is 1.41. The third-order valence-electron chi connectivity index (χ3n) is 2.66. The highest BCUT2D eigenvalue weighted by atomic mass is 19.1. The zero-order valence-corrected chi connectivity index (χ0v) is 10.8. The molecule has 2 aromatic rings. The number of benzene rings is 2. The van der Waals surface area contributed by atoms with Crippen LogP contribution < -0.4 is 9.47 Å². The van der Waals surface area contributed by atoms with Crippen molar-refractivity contribution in [1.82, 2.24) is 0 Å². The fourth-order valence-corrected chi connectivity index (χ4v) is 1.82. The standard InChI is InChI=1S/C15H13FO4/c1-19-15-10(9-14(17)18)5-4-8-13(15)20-12-7-3-2-6-11(12)16/h2-8H,9H2,1H3,(H,17,18). The van der Waals surface area contributed by atoms with E-state index in [1.165, 1.54) is 19.2 Å². The SMILES string of the molecule is COc1c(CC(=O)O)cccc1Oc1ccccc1F. The molecule has 0 spiro atoms. The predicted octanol–water partition coefficient (Wildman–Crippen LogP) is 3.25. The van der Waals surface area contributed by atoms with Crippen molar-refractivity contribution in [3.63, 3.8) is 0 Å². The number of methoxy groups -OCH3 is 1. The molecule has 0 saturated carbocycles. The Labute approximate surface area is 115 Å². The van der Waals surface area contributed by atoms with Gasteiger partial charge in [-0.2, -0.15) is 0 Å². The summed E-state index contributed by atoms with van der Waals surface area (Å²) in [5, 5.41) is 8.86. The molecular weight excluding hydrogens is 263 g/mol. The van der Waals surface area contributed by atoms with Gasteiger partial charge in [0.2, 0.25) is 0 Å². The topological polar surface area (TPSA) is 55.8 Å². The summed E-state index contributed by atoms with van der Waals surface area (Å²) in [5.74, 6) is -0.864. The van der Waals surface area contributed by atoms with Crippen LogP contribution in [-0.2, 0) is 11.2 Å². The number of aliphatic carboxylic acids is 1. The third kappa shape index (κ3) is 3.06. The van der Waals surface area contributed by atoms with E-state index in [1.807, 2.05) is 0 Å². The van der Waals surface area contributed by atoms with Gasteiger partial charge in [-0.05, 0) is 18.2 Å². The molecule has 1 N–H and O–H groups in total. The lowest BCUT2D eigenvalue weighted by molar-refractivity contribution is -0.136. The van der Waals surface area contributed by atoms with Crippen molar-refractivity contribution >= 4 is 5.97 Å². The Morgan fingerprint density at radius 1 is 1.15 bits per heavy atom. The van der Waals surface area contributed by atoms with Crippen LogP contribution in [0.1, 0.15) is 5.56 Å². The monoisotopic (exact) mass is 276 g/mol. The fraction of sp³-hybridized carbons (Fsp3) is 0.133. The molecule has 0 atom stereocenters. The number of hydrogen-bond donors (Lipinski definition) is 1. The van der Waals surface area contributed by atoms with Gasteiger partial charge in [-0.15, -0.1) is 0 Å². The van der Waals surface area contributed by atoms with Gasteiger partial charge in [-0.1, -0.05) is 24.3 Å². The van der Waals surface area contributed by atoms with E-state index in [2.05, 4.69) is 0 Å². The van der Waals surface area contributed by atoms with E-state index in [0.29, 0.717) is 5.56 Å². The summed E-state index contributed by atoms with van der Waals surface area (Å²) < 4.78 is 24.2. The number of carbonyl (C=O) groups is 1. The van der Waals surface area contributed by atoms with Crippen molar-refractivity contribution < 1.29 is 23.8 Å². The fourth-order valence-electron chi connectivity index (χ4n) is 1.82. The Morgan fingerprint density at radius 3 is 2.50 bits per heavy atom. The molecule has 0 unspecified atom stereocenters. The molecule has 0 fully saturated rings. The summed E-state index contributed by atoms with van der Waals surface area (Å²) in [6.45, 7) is 0. The van der Waals surface area contributed by atoms with Gasteiger partial charge in [-0.3, -0.25) is 4.79 Å². The Balaban J connectivity index is 2.37. The minimum atomic E-state index is -0.980. The molecule has 0 radical (unpaired) electrons. The van der Waals surface area contributed by atoms with Crippen LogP contribution in [0.5, 0.6) is 17.2 Å². The number of carboxylic acid groups (broad SMARTS) is 1. The highest BCUT2D eigenvalue weighted by Crippen LogP contribution is 2.35.